The highest BCUT2D eigenvalue weighted by Gasteiger charge is 2.53. The van der Waals surface area contributed by atoms with Crippen LogP contribution < -0.4 is 0 Å². The zero-order chi connectivity index (χ0) is 107. The number of benzene rings is 3. The van der Waals surface area contributed by atoms with Crippen molar-refractivity contribution in [1.29, 1.82) is 0 Å². The van der Waals surface area contributed by atoms with Gasteiger partial charge < -0.3 is 14.3 Å². The van der Waals surface area contributed by atoms with Crippen molar-refractivity contribution in [3.63, 3.8) is 0 Å². The summed E-state index contributed by atoms with van der Waals surface area (Å²) in [6, 6.07) is 29.2. The van der Waals surface area contributed by atoms with E-state index in [-0.39, 0.29) is 288 Å². The van der Waals surface area contributed by atoms with Crippen molar-refractivity contribution in [2.45, 2.75) is 99.4 Å². The molecule has 0 aliphatic rings. The number of para-hydroxylation sites is 1. The lowest BCUT2D eigenvalue weighted by molar-refractivity contribution is -0.111. The Morgan fingerprint density at radius 2 is 0.616 bits per heavy atom. The van der Waals surface area contributed by atoms with E-state index >= 15 is 0 Å². The Morgan fingerprint density at radius 1 is 0.348 bits per heavy atom. The first kappa shape index (κ1) is 172. The molecular formula is C45H155N4O5P83S. The van der Waals surface area contributed by atoms with Crippen molar-refractivity contribution in [2.24, 2.45) is 35.5 Å². The molecule has 1 aromatic heterocycles. The summed E-state index contributed by atoms with van der Waals surface area (Å²) >= 11 is 0. The Labute approximate surface area is 985 Å². The van der Waals surface area contributed by atoms with Crippen molar-refractivity contribution < 1.29 is 22.7 Å². The van der Waals surface area contributed by atoms with E-state index in [9.17, 15) is 13.2 Å². The van der Waals surface area contributed by atoms with Gasteiger partial charge in [0.1, 0.15) is 6.29 Å². The standard InChI is InChI=1S/C19H22N4O3S.C19H30O.C7H14O.H32P30.H31P29.H26P24/c1-16(14-26-15-17-8-4-2-5-9-17)12-13-27(24,25)19-20-21-22-23(19)18-10-6-3-7-11-18;1-5-17(3)18(4)11-9-10-16(2)14-20-15-19-12-7-6-8-13-19;1-4-6(2)7(3)5-8;1-17(2)25(18(3)4)29(26(19(5)6)20(7)8)30(27(21(9)10)22(11)12)28(23(13)14)24(15)16;1-16-24(17(2)3)28(25(18(4)5)19(6)7)29(26(20(8)9)21(10)11)27(22(12)13)23(14)15;1-14(2)20(13)23(19(11)12)24(21(15(3)4)16(5)6)22(17(7)8)18(9)10/h2-11,16H,12-15H2,1H3;6-9,11-13,16-18H,5,10,14-15H2,1-4H3;5-7H,4H2,1-3H3;1-16H2;16H,1-15H2;1-13H2/b;11-9+;;;;/t16-;16-,17-,18-;6-,7-;;;/m000.../s1. The van der Waals surface area contributed by atoms with Crippen LogP contribution in [0.2, 0.25) is 0 Å². The molecule has 4 aromatic rings. The van der Waals surface area contributed by atoms with Crippen molar-refractivity contribution in [3.05, 3.63) is 114 Å². The summed E-state index contributed by atoms with van der Waals surface area (Å²) in [6.07, 6.45) is 9.64. The molecule has 1 heterocycles. The largest absolute Gasteiger partial charge is 0.376 e. The number of carbonyl (C=O) groups is 1. The number of carbonyl (C=O) groups excluding carboxylic acids is 1. The Bertz CT molecular complexity index is 3660. The Morgan fingerprint density at radius 3 is 0.877 bits per heavy atom. The van der Waals surface area contributed by atoms with E-state index in [0.717, 1.165) is 51.8 Å². The third-order valence-corrected chi connectivity index (χ3v) is 560. The molecule has 0 N–H and O–H groups in total. The summed E-state index contributed by atoms with van der Waals surface area (Å²) in [6.45, 7) is 20.1. The normalized spacial score (nSPS) is 15.2. The third-order valence-electron chi connectivity index (χ3n) is 16.7. The van der Waals surface area contributed by atoms with Crippen LogP contribution in [-0.2, 0) is 37.3 Å². The van der Waals surface area contributed by atoms with Crippen molar-refractivity contribution >= 4 is 682 Å². The Kier molecular flexibility index (Phi) is 125. The fraction of sp³-hybridized carbons (Fsp3) is 0.511. The van der Waals surface area contributed by atoms with Crippen molar-refractivity contribution in [1.82, 2.24) is 20.2 Å². The van der Waals surface area contributed by atoms with Gasteiger partial charge in [0.05, 0.1) is 24.7 Å². The monoisotopic (exact) mass is 3430 g/mol. The number of aromatic nitrogens is 4. The third kappa shape index (κ3) is 71.3. The number of rotatable bonds is 57. The molecule has 0 spiro atoms. The van der Waals surface area contributed by atoms with Crippen LogP contribution in [-0.4, -0.2) is 53.9 Å². The number of nitrogens with zero attached hydrogens (tertiary/aromatic N) is 4. The summed E-state index contributed by atoms with van der Waals surface area (Å²) in [7, 11) is 141. The van der Waals surface area contributed by atoms with Crippen LogP contribution >= 0.6 is 666 Å². The highest BCUT2D eigenvalue weighted by atomic mass is 33.5. The molecule has 0 saturated carbocycles. The molecule has 4 rings (SSSR count). The van der Waals surface area contributed by atoms with Crippen molar-refractivity contribution in [2.75, 3.05) is 19.0 Å². The minimum Gasteiger partial charge on any atom is -0.376 e. The summed E-state index contributed by atoms with van der Waals surface area (Å²) in [5.41, 5.74) is 2.96. The predicted octanol–water partition coefficient (Wildman–Crippen LogP) is 57.7. The van der Waals surface area contributed by atoms with Crippen LogP contribution in [0.25, 0.3) is 5.69 Å². The number of aldehydes is 1. The Balaban J connectivity index is 0. The molecular weight excluding hydrogens is 3280 g/mol. The lowest BCUT2D eigenvalue weighted by atomic mass is 9.92. The van der Waals surface area contributed by atoms with E-state index in [1.807, 2.05) is 56.3 Å². The minimum atomic E-state index is -3.60. The van der Waals surface area contributed by atoms with E-state index in [2.05, 4.69) is 486 Å². The summed E-state index contributed by atoms with van der Waals surface area (Å²) < 4.78 is 38.1. The molecule has 0 aliphatic carbocycles. The van der Waals surface area contributed by atoms with E-state index in [0.29, 0.717) is 43.1 Å². The van der Waals surface area contributed by atoms with E-state index in [4.69, 9.17) is 9.47 Å². The molecule has 55 atom stereocenters. The van der Waals surface area contributed by atoms with Crippen LogP contribution in [0.3, 0.4) is 0 Å². The molecule has 0 radical (unpaired) electrons. The van der Waals surface area contributed by atoms with Gasteiger partial charge >= 0.3 is 0 Å². The van der Waals surface area contributed by atoms with Crippen LogP contribution in [0, 0.1) is 35.5 Å². The van der Waals surface area contributed by atoms with Crippen LogP contribution in [0.15, 0.2) is 108 Å². The van der Waals surface area contributed by atoms with E-state index in [1.165, 1.54) is 16.7 Å². The highest BCUT2D eigenvalue weighted by molar-refractivity contribution is 9.47. The second-order valence-electron chi connectivity index (χ2n) is 27.6. The number of sulfone groups is 1. The fourth-order valence-corrected chi connectivity index (χ4v) is 1080. The molecule has 0 fully saturated rings. The Hall–Kier alpha value is 31.7. The van der Waals surface area contributed by atoms with Gasteiger partial charge in [0.2, 0.25) is 9.84 Å². The number of ether oxygens (including phenoxy) is 2. The van der Waals surface area contributed by atoms with E-state index < -0.39 is 9.84 Å². The second-order valence-corrected chi connectivity index (χ2v) is 361. The lowest BCUT2D eigenvalue weighted by Gasteiger charge is -2.52. The summed E-state index contributed by atoms with van der Waals surface area (Å²) in [4.78, 5) is 10.1. The van der Waals surface area contributed by atoms with E-state index in [1.54, 1.807) is 24.3 Å². The zero-order valence-corrected chi connectivity index (χ0v) is 164. The molecule has 806 valence electrons. The first-order valence-electron chi connectivity index (χ1n) is 38.4. The van der Waals surface area contributed by atoms with Gasteiger partial charge in [-0.05, 0) is 342 Å². The van der Waals surface area contributed by atoms with Gasteiger partial charge in [-0.3, -0.25) is 0 Å². The molecule has 138 heavy (non-hydrogen) atoms. The average molecular weight is 3440 g/mol. The quantitative estimate of drug-likeness (QED) is 0.0244. The number of hydrogen-bond acceptors (Lipinski definition) is 8. The topological polar surface area (TPSA) is 113 Å². The SMILES string of the molecule is CC[C@H](C)[C@@H](C)/C=C/C[C@H](C)COCc1ccccc1.CC[C@H](C)[C@@H](C)C=O.C[C@@H](CCS(=O)(=O)c1nnnn1-c1ccccc1)COCc1ccccc1.PP(P)P(P(P)P)P(P(P(P)P)P(P)P)P(P(P(P)P)P(P)P)P(P(P)P)P(P)P.PP(P)P(P)P(P(P)P)P(P(P(P)P)P(P)P)P(P(P)P)P(P)P.PPP(P(P)P)P(P(P(P)P)P(P)P)P(P(P(P)P)P(P)P)P(P(P)P)P(P)P. The summed E-state index contributed by atoms with van der Waals surface area (Å²) in [5, 5.41) is 10.9. The molecule has 49 unspecified atom stereocenters. The van der Waals surface area contributed by atoms with Gasteiger partial charge in [0.25, 0.3) is 5.16 Å². The highest BCUT2D eigenvalue weighted by Crippen LogP contribution is 3.41. The fourth-order valence-electron chi connectivity index (χ4n) is 9.60. The number of hydrogen-bond donors (Lipinski definition) is 0. The molecule has 0 aliphatic heterocycles. The number of allylic oxidation sites excluding steroid dienone is 2. The van der Waals surface area contributed by atoms with Gasteiger partial charge in [-0.15, -0.1) is 393 Å². The zero-order valence-electron chi connectivity index (χ0n) is 77.4. The lowest BCUT2D eigenvalue weighted by Crippen LogP contribution is -2.17. The molecule has 93 heteroatoms. The maximum Gasteiger partial charge on any atom is 0.272 e. The van der Waals surface area contributed by atoms with Crippen LogP contribution in [0.1, 0.15) is 92.2 Å². The molecule has 0 saturated heterocycles. The predicted molar refractivity (Wildman–Crippen MR) is 922 cm³/mol. The van der Waals surface area contributed by atoms with Crippen LogP contribution in [0.5, 0.6) is 0 Å². The minimum absolute atomic E-state index is 0.00181. The van der Waals surface area contributed by atoms with Gasteiger partial charge in [-0.1, -0.05) is 172 Å². The maximum absolute atomic E-state index is 12.7. The number of tetrazole rings is 1. The maximum atomic E-state index is 12.7. The van der Waals surface area contributed by atoms with Gasteiger partial charge in [0, 0.05) is 19.1 Å². The summed E-state index contributed by atoms with van der Waals surface area (Å²) in [5.74, 6) is 2.89. The molecule has 0 bridgehead atoms. The van der Waals surface area contributed by atoms with Gasteiger partial charge in [-0.25, -0.2) is 8.42 Å². The first-order chi connectivity index (χ1) is 64.0. The van der Waals surface area contributed by atoms with Crippen LogP contribution in [0.4, 0.5) is 0 Å². The average Bonchev–Trinajstić information content (AvgIpc) is 0.880. The molecule has 0 amide bonds. The first-order valence-corrected chi connectivity index (χ1v) is 189. The second kappa shape index (κ2) is 100. The van der Waals surface area contributed by atoms with Gasteiger partial charge in [-0.2, -0.15) is 4.68 Å². The van der Waals surface area contributed by atoms with Crippen molar-refractivity contribution in [3.8, 4) is 5.69 Å². The smallest absolute Gasteiger partial charge is 0.272 e. The molecule has 9 nitrogen and oxygen atoms in total. The molecule has 3 aromatic carbocycles. The van der Waals surface area contributed by atoms with Gasteiger partial charge in [0.15, 0.2) is 0 Å².